The second-order valence-corrected chi connectivity index (χ2v) is 17.2. The van der Waals surface area contributed by atoms with Crippen LogP contribution in [-0.4, -0.2) is 80.4 Å². The van der Waals surface area contributed by atoms with Gasteiger partial charge in [0.15, 0.2) is 29.3 Å². The maximum atomic E-state index is 14.5. The molecule has 9 rings (SSSR count). The number of hydrogen-bond acceptors (Lipinski definition) is 14. The molecule has 2 aliphatic heterocycles. The van der Waals surface area contributed by atoms with Crippen LogP contribution in [0.2, 0.25) is 0 Å². The van der Waals surface area contributed by atoms with Crippen molar-refractivity contribution in [3.05, 3.63) is 179 Å². The number of rotatable bonds is 20. The third kappa shape index (κ3) is 9.19. The number of ether oxygens (including phenoxy) is 4. The molecule has 1 unspecified atom stereocenters. The van der Waals surface area contributed by atoms with Gasteiger partial charge in [-0.2, -0.15) is 0 Å². The number of carbonyl (C=O) groups is 2. The van der Waals surface area contributed by atoms with E-state index in [1.165, 1.54) is 12.7 Å². The Hall–Kier alpha value is -6.62. The molecule has 2 aliphatic rings. The number of nitrogens with one attached hydrogen (secondary N) is 1. The molecular formula is C51H52N7O9P. The number of imidazole rings is 1. The first-order chi connectivity index (χ1) is 33.2. The van der Waals surface area contributed by atoms with Gasteiger partial charge in [0.2, 0.25) is 0 Å². The van der Waals surface area contributed by atoms with Crippen molar-refractivity contribution in [3.8, 4) is 11.5 Å². The molecule has 5 aromatic carbocycles. The number of fused-ring (bicyclic) bond motifs is 2. The Balaban J connectivity index is 1.13. The van der Waals surface area contributed by atoms with Gasteiger partial charge in [-0.3, -0.25) is 24.5 Å². The summed E-state index contributed by atoms with van der Waals surface area (Å²) in [6.45, 7) is 2.36. The number of methoxy groups -OCH3 is 2. The molecule has 4 N–H and O–H groups in total. The van der Waals surface area contributed by atoms with Crippen molar-refractivity contribution in [1.82, 2.24) is 24.6 Å². The first-order valence-corrected chi connectivity index (χ1v) is 23.7. The van der Waals surface area contributed by atoms with Gasteiger partial charge in [-0.1, -0.05) is 117 Å². The van der Waals surface area contributed by atoms with Gasteiger partial charge in [0.1, 0.15) is 35.6 Å². The van der Waals surface area contributed by atoms with Gasteiger partial charge < -0.3 is 33.7 Å². The second kappa shape index (κ2) is 20.7. The molecule has 68 heavy (non-hydrogen) atoms. The highest BCUT2D eigenvalue weighted by atomic mass is 31.2. The van der Waals surface area contributed by atoms with Crippen LogP contribution in [0.25, 0.3) is 11.2 Å². The number of amides is 2. The Morgan fingerprint density at radius 2 is 1.44 bits per heavy atom. The van der Waals surface area contributed by atoms with Gasteiger partial charge in [-0.15, -0.1) is 5.06 Å². The molecule has 0 bridgehead atoms. The first-order valence-electron chi connectivity index (χ1n) is 22.4. The molecule has 7 aromatic rings. The summed E-state index contributed by atoms with van der Waals surface area (Å²) in [4.78, 5) is 60.1. The molecule has 1 fully saturated rings. The Kier molecular flexibility index (Phi) is 14.2. The fraction of sp³-hybridized carbons (Fsp3) is 0.275. The van der Waals surface area contributed by atoms with Crippen LogP contribution in [0, 0.1) is 0 Å². The lowest BCUT2D eigenvalue weighted by Gasteiger charge is -2.37. The number of aryl methyl sites for hydroxylation is 1. The number of carbonyl (C=O) groups excluding carboxylic acids is 2. The topological polar surface area (TPSA) is 195 Å². The Morgan fingerprint density at radius 1 is 0.779 bits per heavy atom. The van der Waals surface area contributed by atoms with E-state index in [4.69, 9.17) is 38.8 Å². The molecule has 16 nitrogen and oxygen atoms in total. The minimum atomic E-state index is -2.58. The highest BCUT2D eigenvalue weighted by Gasteiger charge is 2.54. The number of hydroxylamine groups is 2. The standard InChI is InChI=1S/C51H52N7O9P/c1-4-5-8-16-34-17-13-20-40-42(34)49(60)58(48(40)59)66-45-44(67-68(52)61)41(65-50(45)57-32-56-43-46(54-31-55-47(43)57)53-29-33-14-9-6-10-15-33)30-64-51(35-18-11-7-12-19-35,36-21-25-38(62-2)26-22-36)37-23-27-39(63-3)28-24-37/h6-7,9-15,17-28,31-32,41,44-45,50,61H,4-5,8,16,29-30,52H2,1-3H3,(H,53,54,55)/t41-,44-,45-,50-,68?/m1/s1. The number of nitrogens with zero attached hydrogens (tertiary/aromatic N) is 5. The lowest BCUT2D eigenvalue weighted by atomic mass is 9.80. The van der Waals surface area contributed by atoms with Gasteiger partial charge in [0, 0.05) is 6.54 Å². The van der Waals surface area contributed by atoms with Crippen molar-refractivity contribution >= 4 is 37.3 Å². The van der Waals surface area contributed by atoms with Crippen LogP contribution in [0.5, 0.6) is 11.5 Å². The lowest BCUT2D eigenvalue weighted by Crippen LogP contribution is -2.45. The molecule has 1 saturated heterocycles. The van der Waals surface area contributed by atoms with Crippen LogP contribution >= 0.6 is 8.53 Å². The van der Waals surface area contributed by atoms with E-state index in [1.54, 1.807) is 30.9 Å². The summed E-state index contributed by atoms with van der Waals surface area (Å²) in [5.41, 5.74) is 10.2. The molecule has 350 valence electrons. The largest absolute Gasteiger partial charge is 0.497 e. The van der Waals surface area contributed by atoms with Gasteiger partial charge >= 0.3 is 0 Å². The number of unbranched alkanes of at least 4 members (excludes halogenated alkanes) is 2. The maximum Gasteiger partial charge on any atom is 0.286 e. The monoisotopic (exact) mass is 937 g/mol. The minimum absolute atomic E-state index is 0.202. The molecule has 0 aliphatic carbocycles. The highest BCUT2D eigenvalue weighted by Crippen LogP contribution is 2.46. The normalized spacial score (nSPS) is 18.5. The van der Waals surface area contributed by atoms with E-state index >= 15 is 0 Å². The van der Waals surface area contributed by atoms with Gasteiger partial charge in [-0.25, -0.2) is 15.0 Å². The fourth-order valence-corrected chi connectivity index (χ4v) is 9.49. The summed E-state index contributed by atoms with van der Waals surface area (Å²) in [5, 5.41) is 4.12. The van der Waals surface area contributed by atoms with Crippen LogP contribution in [0.15, 0.2) is 140 Å². The summed E-state index contributed by atoms with van der Waals surface area (Å²) in [6, 6.07) is 40.0. The number of aromatic nitrogens is 4. The maximum absolute atomic E-state index is 14.5. The molecule has 2 aromatic heterocycles. The number of anilines is 1. The molecule has 17 heteroatoms. The van der Waals surface area contributed by atoms with Gasteiger partial charge in [-0.05, 0) is 71.0 Å². The number of imide groups is 1. The van der Waals surface area contributed by atoms with Crippen molar-refractivity contribution in [2.45, 2.75) is 69.3 Å². The van der Waals surface area contributed by atoms with Crippen LogP contribution < -0.4 is 20.3 Å². The van der Waals surface area contributed by atoms with Gasteiger partial charge in [0.25, 0.3) is 20.3 Å². The third-order valence-corrected chi connectivity index (χ3v) is 12.8. The SMILES string of the molecule is CCCCCc1cccc2c1C(=O)N(O[C@@H]1[C@H](OP(N)O)[C@@H](COC(c3ccccc3)(c3ccc(OC)cc3)c3ccc(OC)cc3)O[C@H]1n1cnc3c(NCc4ccccc4)ncnc31)C2=O. The molecule has 5 atom stereocenters. The van der Waals surface area contributed by atoms with Crippen molar-refractivity contribution < 1.29 is 42.8 Å². The minimum Gasteiger partial charge on any atom is -0.497 e. The first kappa shape index (κ1) is 46.5. The Labute approximate surface area is 394 Å². The Bertz CT molecular complexity index is 2790. The smallest absolute Gasteiger partial charge is 0.286 e. The van der Waals surface area contributed by atoms with E-state index in [2.05, 4.69) is 22.2 Å². The van der Waals surface area contributed by atoms with Crippen LogP contribution in [0.1, 0.15) is 80.9 Å². The summed E-state index contributed by atoms with van der Waals surface area (Å²) >= 11 is 0. The summed E-state index contributed by atoms with van der Waals surface area (Å²) in [6.07, 6.45) is 1.51. The van der Waals surface area contributed by atoms with E-state index in [-0.39, 0.29) is 17.7 Å². The number of hydrogen-bond donors (Lipinski definition) is 3. The quantitative estimate of drug-likeness (QED) is 0.0286. The van der Waals surface area contributed by atoms with Crippen molar-refractivity contribution in [2.75, 3.05) is 26.1 Å². The van der Waals surface area contributed by atoms with E-state index < -0.39 is 50.5 Å². The predicted octanol–water partition coefficient (Wildman–Crippen LogP) is 8.25. The van der Waals surface area contributed by atoms with Crippen LogP contribution in [0.3, 0.4) is 0 Å². The van der Waals surface area contributed by atoms with Crippen molar-refractivity contribution in [2.24, 2.45) is 5.50 Å². The van der Waals surface area contributed by atoms with Crippen LogP contribution in [0.4, 0.5) is 5.82 Å². The molecule has 2 amide bonds. The van der Waals surface area contributed by atoms with E-state index in [1.807, 2.05) is 115 Å². The highest BCUT2D eigenvalue weighted by molar-refractivity contribution is 7.43. The average molecular weight is 938 g/mol. The Morgan fingerprint density at radius 3 is 2.09 bits per heavy atom. The molecular weight excluding hydrogens is 886 g/mol. The summed E-state index contributed by atoms with van der Waals surface area (Å²) in [5.74, 6) is 0.489. The van der Waals surface area contributed by atoms with E-state index in [0.29, 0.717) is 41.4 Å². The third-order valence-electron chi connectivity index (χ3n) is 12.3. The zero-order chi connectivity index (χ0) is 47.2. The second-order valence-electron chi connectivity index (χ2n) is 16.4. The molecule has 4 heterocycles. The molecule has 0 spiro atoms. The van der Waals surface area contributed by atoms with Crippen molar-refractivity contribution in [3.63, 3.8) is 0 Å². The number of benzene rings is 5. The van der Waals surface area contributed by atoms with Crippen LogP contribution in [-0.2, 0) is 37.4 Å². The average Bonchev–Trinajstić information content (AvgIpc) is 4.03. The zero-order valence-electron chi connectivity index (χ0n) is 37.8. The van der Waals surface area contributed by atoms with E-state index in [0.717, 1.165) is 52.1 Å². The summed E-state index contributed by atoms with van der Waals surface area (Å²) < 4.78 is 33.2. The van der Waals surface area contributed by atoms with Crippen molar-refractivity contribution in [1.29, 1.82) is 0 Å². The van der Waals surface area contributed by atoms with Gasteiger partial charge in [0.05, 0.1) is 38.3 Å². The number of nitrogens with two attached hydrogens (primary N) is 1. The zero-order valence-corrected chi connectivity index (χ0v) is 38.7. The molecule has 0 radical (unpaired) electrons. The van der Waals surface area contributed by atoms with E-state index in [9.17, 15) is 14.5 Å². The lowest BCUT2D eigenvalue weighted by molar-refractivity contribution is -0.175. The summed E-state index contributed by atoms with van der Waals surface area (Å²) in [7, 11) is 0.623. The fourth-order valence-electron chi connectivity index (χ4n) is 8.99. The predicted molar refractivity (Wildman–Crippen MR) is 255 cm³/mol. The molecule has 0 saturated carbocycles.